The summed E-state index contributed by atoms with van der Waals surface area (Å²) in [5.74, 6) is 0.632. The summed E-state index contributed by atoms with van der Waals surface area (Å²) in [5, 5.41) is 11.0. The van der Waals surface area contributed by atoms with Crippen LogP contribution in [-0.4, -0.2) is 24.1 Å². The van der Waals surface area contributed by atoms with Crippen molar-refractivity contribution >= 4 is 27.6 Å². The van der Waals surface area contributed by atoms with Crippen LogP contribution in [0.1, 0.15) is 25.0 Å². The first-order valence-corrected chi connectivity index (χ1v) is 9.21. The van der Waals surface area contributed by atoms with Gasteiger partial charge in [-0.05, 0) is 37.6 Å². The second-order valence-corrected chi connectivity index (χ2v) is 6.33. The molecule has 2 rings (SSSR count). The van der Waals surface area contributed by atoms with E-state index in [0.717, 1.165) is 0 Å². The molecule has 7 nitrogen and oxygen atoms in total. The van der Waals surface area contributed by atoms with Crippen molar-refractivity contribution in [2.45, 2.75) is 26.9 Å². The van der Waals surface area contributed by atoms with E-state index >= 15 is 0 Å². The molecule has 0 N–H and O–H groups in total. The Morgan fingerprint density at radius 3 is 2.33 bits per heavy atom. The molecule has 0 spiro atoms. The third-order valence-electron chi connectivity index (χ3n) is 3.62. The van der Waals surface area contributed by atoms with Gasteiger partial charge in [-0.25, -0.2) is 0 Å². The summed E-state index contributed by atoms with van der Waals surface area (Å²) in [4.78, 5) is 22.7. The lowest BCUT2D eigenvalue weighted by Gasteiger charge is -2.14. The summed E-state index contributed by atoms with van der Waals surface area (Å²) in [6, 6.07) is 9.64. The molecule has 0 saturated heterocycles. The van der Waals surface area contributed by atoms with Crippen LogP contribution < -0.4 is 9.47 Å². The molecule has 0 fully saturated rings. The predicted molar refractivity (Wildman–Crippen MR) is 103 cm³/mol. The average molecular weight is 438 g/mol. The van der Waals surface area contributed by atoms with Crippen LogP contribution in [0.3, 0.4) is 0 Å². The molecule has 0 atom stereocenters. The van der Waals surface area contributed by atoms with E-state index < -0.39 is 10.9 Å². The number of halogens is 1. The highest BCUT2D eigenvalue weighted by Crippen LogP contribution is 2.34. The van der Waals surface area contributed by atoms with Crippen LogP contribution in [0.2, 0.25) is 0 Å². The number of carbonyl (C=O) groups is 1. The number of benzene rings is 2. The zero-order valence-electron chi connectivity index (χ0n) is 15.1. The molecule has 0 aliphatic carbocycles. The van der Waals surface area contributed by atoms with E-state index in [0.29, 0.717) is 40.3 Å². The van der Waals surface area contributed by atoms with Gasteiger partial charge in [0, 0.05) is 10.5 Å². The lowest BCUT2D eigenvalue weighted by molar-refractivity contribution is -0.385. The van der Waals surface area contributed by atoms with Crippen molar-refractivity contribution < 1.29 is 23.9 Å². The Hall–Kier alpha value is -2.61. The fourth-order valence-electron chi connectivity index (χ4n) is 2.43. The summed E-state index contributed by atoms with van der Waals surface area (Å²) >= 11 is 3.42. The summed E-state index contributed by atoms with van der Waals surface area (Å²) in [5.41, 5.74) is 0.942. The van der Waals surface area contributed by atoms with Gasteiger partial charge < -0.3 is 14.2 Å². The zero-order valence-corrected chi connectivity index (χ0v) is 16.7. The highest BCUT2D eigenvalue weighted by Gasteiger charge is 2.17. The highest BCUT2D eigenvalue weighted by atomic mass is 79.9. The molecule has 0 amide bonds. The second-order valence-electron chi connectivity index (χ2n) is 5.48. The summed E-state index contributed by atoms with van der Waals surface area (Å²) in [7, 11) is 0. The number of hydrogen-bond donors (Lipinski definition) is 0. The third-order valence-corrected chi connectivity index (χ3v) is 4.36. The van der Waals surface area contributed by atoms with Crippen LogP contribution in [0.25, 0.3) is 0 Å². The molecule has 0 aromatic heterocycles. The Morgan fingerprint density at radius 1 is 1.07 bits per heavy atom. The maximum atomic E-state index is 12.2. The Kier molecular flexibility index (Phi) is 7.60. The van der Waals surface area contributed by atoms with E-state index in [-0.39, 0.29) is 18.7 Å². The molecule has 0 bridgehead atoms. The minimum absolute atomic E-state index is 0.00626. The molecule has 0 aliphatic heterocycles. The molecule has 0 aliphatic rings. The quantitative estimate of drug-likeness (QED) is 0.327. The minimum Gasteiger partial charge on any atom is -0.490 e. The number of nitro groups is 1. The zero-order chi connectivity index (χ0) is 19.8. The highest BCUT2D eigenvalue weighted by molar-refractivity contribution is 9.10. The molecule has 2 aromatic rings. The standard InChI is InChI=1S/C19H20BrNO6/c1-3-25-17-9-14(15(20)11-18(17)26-4-2)10-19(22)27-12-13-7-5-6-8-16(13)21(23)24/h5-9,11H,3-4,10,12H2,1-2H3. The van der Waals surface area contributed by atoms with Gasteiger partial charge in [-0.1, -0.05) is 28.1 Å². The molecule has 2 aromatic carbocycles. The first-order valence-electron chi connectivity index (χ1n) is 8.42. The molecule has 0 unspecified atom stereocenters. The number of rotatable bonds is 9. The van der Waals surface area contributed by atoms with Crippen molar-refractivity contribution in [1.82, 2.24) is 0 Å². The largest absolute Gasteiger partial charge is 0.490 e. The number of esters is 1. The fourth-order valence-corrected chi connectivity index (χ4v) is 2.89. The first kappa shape index (κ1) is 20.7. The fraction of sp³-hybridized carbons (Fsp3) is 0.316. The third kappa shape index (κ3) is 5.68. The van der Waals surface area contributed by atoms with E-state index in [1.807, 2.05) is 13.8 Å². The van der Waals surface area contributed by atoms with E-state index in [9.17, 15) is 14.9 Å². The maximum Gasteiger partial charge on any atom is 0.310 e. The van der Waals surface area contributed by atoms with Crippen LogP contribution >= 0.6 is 15.9 Å². The number of nitro benzene ring substituents is 1. The number of para-hydroxylation sites is 1. The first-order chi connectivity index (χ1) is 13.0. The van der Waals surface area contributed by atoms with E-state index in [1.54, 1.807) is 30.3 Å². The Bertz CT molecular complexity index is 824. The van der Waals surface area contributed by atoms with Gasteiger partial charge in [0.15, 0.2) is 11.5 Å². The van der Waals surface area contributed by atoms with Crippen LogP contribution in [-0.2, 0) is 22.6 Å². The van der Waals surface area contributed by atoms with Crippen LogP contribution in [0, 0.1) is 10.1 Å². The Balaban J connectivity index is 2.09. The molecular formula is C19H20BrNO6. The van der Waals surface area contributed by atoms with Crippen LogP contribution in [0.5, 0.6) is 11.5 Å². The minimum atomic E-state index is -0.500. The van der Waals surface area contributed by atoms with Gasteiger partial charge in [-0.3, -0.25) is 14.9 Å². The second kappa shape index (κ2) is 9.91. The molecule has 0 heterocycles. The van der Waals surface area contributed by atoms with Crippen molar-refractivity contribution in [3.8, 4) is 11.5 Å². The van der Waals surface area contributed by atoms with Gasteiger partial charge in [0.05, 0.1) is 30.1 Å². The molecule has 8 heteroatoms. The molecule has 27 heavy (non-hydrogen) atoms. The maximum absolute atomic E-state index is 12.2. The topological polar surface area (TPSA) is 87.9 Å². The number of hydrogen-bond acceptors (Lipinski definition) is 6. The summed E-state index contributed by atoms with van der Waals surface area (Å²) in [6.07, 6.45) is -0.00626. The molecule has 0 radical (unpaired) electrons. The smallest absolute Gasteiger partial charge is 0.310 e. The van der Waals surface area contributed by atoms with Crippen molar-refractivity contribution in [2.75, 3.05) is 13.2 Å². The van der Waals surface area contributed by atoms with Crippen LogP contribution in [0.4, 0.5) is 5.69 Å². The Morgan fingerprint density at radius 2 is 1.70 bits per heavy atom. The summed E-state index contributed by atoms with van der Waals surface area (Å²) in [6.45, 7) is 4.52. The van der Waals surface area contributed by atoms with Crippen molar-refractivity contribution in [3.05, 3.63) is 62.1 Å². The monoisotopic (exact) mass is 437 g/mol. The average Bonchev–Trinajstić information content (AvgIpc) is 2.64. The number of ether oxygens (including phenoxy) is 3. The van der Waals surface area contributed by atoms with E-state index in [2.05, 4.69) is 15.9 Å². The predicted octanol–water partition coefficient (Wildman–Crippen LogP) is 4.44. The molecule has 0 saturated carbocycles. The lowest BCUT2D eigenvalue weighted by atomic mass is 10.1. The van der Waals surface area contributed by atoms with Crippen molar-refractivity contribution in [3.63, 3.8) is 0 Å². The Labute approximate surface area is 165 Å². The summed E-state index contributed by atoms with van der Waals surface area (Å²) < 4.78 is 17.0. The molecular weight excluding hydrogens is 418 g/mol. The normalized spacial score (nSPS) is 10.3. The number of nitrogens with zero attached hydrogens (tertiary/aromatic N) is 1. The van der Waals surface area contributed by atoms with Crippen LogP contribution in [0.15, 0.2) is 40.9 Å². The van der Waals surface area contributed by atoms with Gasteiger partial charge in [0.25, 0.3) is 5.69 Å². The van der Waals surface area contributed by atoms with Gasteiger partial charge in [-0.15, -0.1) is 0 Å². The van der Waals surface area contributed by atoms with E-state index in [1.165, 1.54) is 6.07 Å². The number of carbonyl (C=O) groups excluding carboxylic acids is 1. The van der Waals surface area contributed by atoms with Gasteiger partial charge in [0.2, 0.25) is 0 Å². The lowest BCUT2D eigenvalue weighted by Crippen LogP contribution is -2.10. The van der Waals surface area contributed by atoms with Crippen molar-refractivity contribution in [1.29, 1.82) is 0 Å². The van der Waals surface area contributed by atoms with Crippen molar-refractivity contribution in [2.24, 2.45) is 0 Å². The van der Waals surface area contributed by atoms with Gasteiger partial charge in [0.1, 0.15) is 6.61 Å². The van der Waals surface area contributed by atoms with Gasteiger partial charge in [-0.2, -0.15) is 0 Å². The molecule has 144 valence electrons. The SMILES string of the molecule is CCOc1cc(Br)c(CC(=O)OCc2ccccc2[N+](=O)[O-])cc1OCC. The van der Waals surface area contributed by atoms with Gasteiger partial charge >= 0.3 is 5.97 Å². The van der Waals surface area contributed by atoms with E-state index in [4.69, 9.17) is 14.2 Å².